The molecular formula is C11H14N2O4. The molecular weight excluding hydrogens is 224 g/mol. The van der Waals surface area contributed by atoms with Gasteiger partial charge < -0.3 is 5.11 Å². The summed E-state index contributed by atoms with van der Waals surface area (Å²) in [5, 5.41) is 8.79. The van der Waals surface area contributed by atoms with Crippen LogP contribution >= 0.6 is 0 Å². The first-order chi connectivity index (χ1) is 8.08. The third-order valence-electron chi connectivity index (χ3n) is 3.08. The van der Waals surface area contributed by atoms with E-state index in [1.807, 2.05) is 0 Å². The van der Waals surface area contributed by atoms with Gasteiger partial charge in [0, 0.05) is 17.8 Å². The molecule has 1 aromatic heterocycles. The Kier molecular flexibility index (Phi) is 3.12. The van der Waals surface area contributed by atoms with Crippen molar-refractivity contribution in [2.75, 3.05) is 0 Å². The number of carbonyl (C=O) groups is 1. The normalized spacial score (nSPS) is 16.2. The van der Waals surface area contributed by atoms with Crippen LogP contribution in [0.25, 0.3) is 0 Å². The Balaban J connectivity index is 2.50. The lowest BCUT2D eigenvalue weighted by atomic mass is 10.2. The smallest absolute Gasteiger partial charge is 0.328 e. The summed E-state index contributed by atoms with van der Waals surface area (Å²) in [6.07, 6.45) is 3.48. The number of rotatable bonds is 3. The molecule has 17 heavy (non-hydrogen) atoms. The first-order valence-corrected chi connectivity index (χ1v) is 5.64. The number of nitrogens with zero attached hydrogens (tertiary/aromatic N) is 1. The minimum atomic E-state index is -1.04. The molecule has 1 aromatic rings. The Morgan fingerprint density at radius 2 is 2.06 bits per heavy atom. The van der Waals surface area contributed by atoms with Crippen LogP contribution in [0.3, 0.4) is 0 Å². The Hall–Kier alpha value is -1.85. The van der Waals surface area contributed by atoms with Crippen molar-refractivity contribution >= 4 is 5.97 Å². The van der Waals surface area contributed by atoms with Gasteiger partial charge in [-0.1, -0.05) is 12.8 Å². The van der Waals surface area contributed by atoms with Gasteiger partial charge >= 0.3 is 11.7 Å². The molecule has 1 saturated carbocycles. The van der Waals surface area contributed by atoms with Crippen molar-refractivity contribution in [1.82, 2.24) is 9.55 Å². The van der Waals surface area contributed by atoms with Crippen molar-refractivity contribution in [3.8, 4) is 0 Å². The highest BCUT2D eigenvalue weighted by Gasteiger charge is 2.21. The Labute approximate surface area is 96.9 Å². The summed E-state index contributed by atoms with van der Waals surface area (Å²) in [4.78, 5) is 35.9. The maximum absolute atomic E-state index is 11.7. The van der Waals surface area contributed by atoms with Crippen molar-refractivity contribution in [1.29, 1.82) is 0 Å². The van der Waals surface area contributed by atoms with E-state index in [9.17, 15) is 14.4 Å². The Morgan fingerprint density at radius 3 is 2.65 bits per heavy atom. The number of nitrogens with one attached hydrogen (secondary N) is 1. The van der Waals surface area contributed by atoms with Gasteiger partial charge in [-0.25, -0.2) is 4.79 Å². The standard InChI is InChI=1S/C11H14N2O4/c14-9-5-8(6-10(15)16)13(11(17)12-9)7-3-1-2-4-7/h5,7H,1-4,6H2,(H,15,16)(H,12,14,17). The molecule has 0 saturated heterocycles. The minimum absolute atomic E-state index is 0.0219. The SMILES string of the molecule is O=C(O)Cc1cc(=O)[nH]c(=O)n1C1CCCC1. The van der Waals surface area contributed by atoms with Crippen molar-refractivity contribution in [3.63, 3.8) is 0 Å². The van der Waals surface area contributed by atoms with E-state index in [-0.39, 0.29) is 18.2 Å². The number of carboxylic acid groups (broad SMARTS) is 1. The third kappa shape index (κ3) is 2.46. The van der Waals surface area contributed by atoms with Gasteiger partial charge in [0.05, 0.1) is 6.42 Å². The van der Waals surface area contributed by atoms with Gasteiger partial charge in [-0.05, 0) is 12.8 Å². The summed E-state index contributed by atoms with van der Waals surface area (Å²) in [7, 11) is 0. The summed E-state index contributed by atoms with van der Waals surface area (Å²) in [6, 6.07) is 1.22. The number of carboxylic acids is 1. The molecule has 0 aliphatic heterocycles. The van der Waals surface area contributed by atoms with Crippen LogP contribution in [0.4, 0.5) is 0 Å². The van der Waals surface area contributed by atoms with E-state index in [0.29, 0.717) is 0 Å². The lowest BCUT2D eigenvalue weighted by Gasteiger charge is -2.16. The van der Waals surface area contributed by atoms with E-state index in [1.165, 1.54) is 10.6 Å². The molecule has 0 spiro atoms. The fourth-order valence-electron chi connectivity index (χ4n) is 2.41. The highest BCUT2D eigenvalue weighted by Crippen LogP contribution is 2.28. The predicted octanol–water partition coefficient (Wildman–Crippen LogP) is 0.279. The van der Waals surface area contributed by atoms with Crippen LogP contribution in [0.2, 0.25) is 0 Å². The quantitative estimate of drug-likeness (QED) is 0.791. The fraction of sp³-hybridized carbons (Fsp3) is 0.545. The van der Waals surface area contributed by atoms with Crippen molar-refractivity contribution < 1.29 is 9.90 Å². The van der Waals surface area contributed by atoms with Crippen LogP contribution in [0.15, 0.2) is 15.7 Å². The zero-order chi connectivity index (χ0) is 12.4. The van der Waals surface area contributed by atoms with E-state index in [4.69, 9.17) is 5.11 Å². The number of H-pyrrole nitrogens is 1. The molecule has 0 radical (unpaired) electrons. The van der Waals surface area contributed by atoms with Crippen LogP contribution in [0, 0.1) is 0 Å². The van der Waals surface area contributed by atoms with Crippen LogP contribution in [-0.4, -0.2) is 20.6 Å². The average Bonchev–Trinajstić information content (AvgIpc) is 2.68. The van der Waals surface area contributed by atoms with Gasteiger partial charge in [0.2, 0.25) is 0 Å². The molecule has 2 N–H and O–H groups in total. The second-order valence-electron chi connectivity index (χ2n) is 4.31. The Morgan fingerprint density at radius 1 is 1.41 bits per heavy atom. The van der Waals surface area contributed by atoms with Crippen LogP contribution in [-0.2, 0) is 11.2 Å². The van der Waals surface area contributed by atoms with Crippen LogP contribution in [0.1, 0.15) is 37.4 Å². The zero-order valence-electron chi connectivity index (χ0n) is 9.31. The molecule has 0 atom stereocenters. The van der Waals surface area contributed by atoms with Crippen molar-refractivity contribution in [2.45, 2.75) is 38.1 Å². The van der Waals surface area contributed by atoms with Gasteiger partial charge in [-0.2, -0.15) is 0 Å². The first kappa shape index (κ1) is 11.6. The second kappa shape index (κ2) is 4.57. The maximum Gasteiger partial charge on any atom is 0.328 e. The number of aromatic nitrogens is 2. The highest BCUT2D eigenvalue weighted by atomic mass is 16.4. The number of aliphatic carboxylic acids is 1. The predicted molar refractivity (Wildman–Crippen MR) is 60.2 cm³/mol. The average molecular weight is 238 g/mol. The molecule has 1 aliphatic rings. The van der Waals surface area contributed by atoms with Crippen LogP contribution < -0.4 is 11.2 Å². The molecule has 2 rings (SSSR count). The largest absolute Gasteiger partial charge is 0.481 e. The fourth-order valence-corrected chi connectivity index (χ4v) is 2.41. The van der Waals surface area contributed by atoms with Gasteiger partial charge in [-0.3, -0.25) is 19.1 Å². The summed E-state index contributed by atoms with van der Waals surface area (Å²) < 4.78 is 1.43. The molecule has 0 bridgehead atoms. The second-order valence-corrected chi connectivity index (χ2v) is 4.31. The van der Waals surface area contributed by atoms with Gasteiger partial charge in [0.1, 0.15) is 0 Å². The molecule has 0 amide bonds. The number of hydrogen-bond acceptors (Lipinski definition) is 3. The summed E-state index contributed by atoms with van der Waals surface area (Å²) in [6.45, 7) is 0. The van der Waals surface area contributed by atoms with E-state index < -0.39 is 17.2 Å². The highest BCUT2D eigenvalue weighted by molar-refractivity contribution is 5.69. The lowest BCUT2D eigenvalue weighted by molar-refractivity contribution is -0.136. The van der Waals surface area contributed by atoms with E-state index in [2.05, 4.69) is 4.98 Å². The van der Waals surface area contributed by atoms with Crippen molar-refractivity contribution in [2.24, 2.45) is 0 Å². The maximum atomic E-state index is 11.7. The Bertz CT molecular complexity index is 537. The van der Waals surface area contributed by atoms with Crippen LogP contribution in [0.5, 0.6) is 0 Å². The van der Waals surface area contributed by atoms with E-state index in [0.717, 1.165) is 25.7 Å². The molecule has 0 unspecified atom stereocenters. The van der Waals surface area contributed by atoms with Gasteiger partial charge in [0.25, 0.3) is 5.56 Å². The van der Waals surface area contributed by atoms with Gasteiger partial charge in [-0.15, -0.1) is 0 Å². The number of aromatic amines is 1. The lowest BCUT2D eigenvalue weighted by Crippen LogP contribution is -2.34. The number of hydrogen-bond donors (Lipinski definition) is 2. The molecule has 6 heteroatoms. The molecule has 0 aromatic carbocycles. The topological polar surface area (TPSA) is 92.2 Å². The summed E-state index contributed by atoms with van der Waals surface area (Å²) in [5.41, 5.74) is -0.751. The van der Waals surface area contributed by atoms with E-state index >= 15 is 0 Å². The summed E-state index contributed by atoms with van der Waals surface area (Å²) >= 11 is 0. The molecule has 1 fully saturated rings. The zero-order valence-corrected chi connectivity index (χ0v) is 9.31. The molecule has 92 valence electrons. The molecule has 1 aliphatic carbocycles. The first-order valence-electron chi connectivity index (χ1n) is 5.64. The monoisotopic (exact) mass is 238 g/mol. The van der Waals surface area contributed by atoms with Crippen molar-refractivity contribution in [3.05, 3.63) is 32.6 Å². The molecule has 1 heterocycles. The minimum Gasteiger partial charge on any atom is -0.481 e. The molecule has 6 nitrogen and oxygen atoms in total. The van der Waals surface area contributed by atoms with Gasteiger partial charge in [0.15, 0.2) is 0 Å². The third-order valence-corrected chi connectivity index (χ3v) is 3.08. The summed E-state index contributed by atoms with van der Waals surface area (Å²) in [5.74, 6) is -1.04. The van der Waals surface area contributed by atoms with E-state index in [1.54, 1.807) is 0 Å².